The molecule has 20 heavy (non-hydrogen) atoms. The molecule has 0 unspecified atom stereocenters. The van der Waals surface area contributed by atoms with Crippen molar-refractivity contribution in [2.24, 2.45) is 12.5 Å². The van der Waals surface area contributed by atoms with Gasteiger partial charge in [-0.25, -0.2) is 0 Å². The van der Waals surface area contributed by atoms with Gasteiger partial charge in [0.05, 0.1) is 5.52 Å². The molecule has 1 saturated heterocycles. The summed E-state index contributed by atoms with van der Waals surface area (Å²) in [5.41, 5.74) is 2.07. The summed E-state index contributed by atoms with van der Waals surface area (Å²) in [5.74, 6) is 0.0966. The maximum absolute atomic E-state index is 12.6. The fourth-order valence-corrected chi connectivity index (χ4v) is 3.87. The molecule has 4 heteroatoms. The van der Waals surface area contributed by atoms with Crippen LogP contribution in [0.25, 0.3) is 10.9 Å². The Morgan fingerprint density at radius 3 is 2.65 bits per heavy atom. The molecule has 1 aromatic heterocycles. The van der Waals surface area contributed by atoms with Crippen molar-refractivity contribution in [3.63, 3.8) is 0 Å². The second-order valence-electron chi connectivity index (χ2n) is 6.36. The van der Waals surface area contributed by atoms with Crippen LogP contribution in [0.2, 0.25) is 0 Å². The predicted molar refractivity (Wildman–Crippen MR) is 77.5 cm³/mol. The smallest absolute Gasteiger partial charge is 0.275 e. The van der Waals surface area contributed by atoms with Crippen LogP contribution < -0.4 is 0 Å². The first-order valence-corrected chi connectivity index (χ1v) is 7.40. The highest BCUT2D eigenvalue weighted by molar-refractivity contribution is 6.05. The first kappa shape index (κ1) is 11.9. The minimum Gasteiger partial charge on any atom is -0.336 e. The summed E-state index contributed by atoms with van der Waals surface area (Å²) in [4.78, 5) is 14.6. The fourth-order valence-electron chi connectivity index (χ4n) is 3.87. The largest absolute Gasteiger partial charge is 0.336 e. The lowest BCUT2D eigenvalue weighted by molar-refractivity contribution is 0.00895. The Kier molecular flexibility index (Phi) is 2.43. The molecule has 2 aliphatic rings. The second-order valence-corrected chi connectivity index (χ2v) is 6.36. The molecule has 1 amide bonds. The molecule has 1 aliphatic carbocycles. The van der Waals surface area contributed by atoms with E-state index < -0.39 is 0 Å². The van der Waals surface area contributed by atoms with Crippen molar-refractivity contribution in [2.45, 2.75) is 25.7 Å². The number of aromatic nitrogens is 2. The lowest BCUT2D eigenvalue weighted by Crippen LogP contribution is -2.57. The van der Waals surface area contributed by atoms with Crippen molar-refractivity contribution in [3.8, 4) is 0 Å². The standard InChI is InChI=1S/C16H19N3O/c1-18-13-7-3-2-6-12(13)14(17-18)15(20)19-10-16(11-19)8-4-5-9-16/h2-3,6-7H,4-5,8-11H2,1H3. The predicted octanol–water partition coefficient (Wildman–Crippen LogP) is 2.59. The van der Waals surface area contributed by atoms with Gasteiger partial charge < -0.3 is 4.90 Å². The number of benzene rings is 1. The maximum Gasteiger partial charge on any atom is 0.275 e. The molecule has 2 aromatic rings. The topological polar surface area (TPSA) is 38.1 Å². The van der Waals surface area contributed by atoms with Crippen molar-refractivity contribution in [1.29, 1.82) is 0 Å². The van der Waals surface area contributed by atoms with E-state index in [9.17, 15) is 4.79 Å². The van der Waals surface area contributed by atoms with Crippen LogP contribution in [0.1, 0.15) is 36.2 Å². The normalized spacial score (nSPS) is 20.6. The third-order valence-electron chi connectivity index (χ3n) is 4.96. The molecule has 0 atom stereocenters. The third kappa shape index (κ3) is 1.60. The van der Waals surface area contributed by atoms with E-state index in [-0.39, 0.29) is 5.91 Å². The lowest BCUT2D eigenvalue weighted by Gasteiger charge is -2.48. The highest BCUT2D eigenvalue weighted by Gasteiger charge is 2.47. The minimum atomic E-state index is 0.0966. The van der Waals surface area contributed by atoms with E-state index in [0.29, 0.717) is 11.1 Å². The molecule has 2 heterocycles. The molecular weight excluding hydrogens is 250 g/mol. The molecule has 1 aliphatic heterocycles. The Morgan fingerprint density at radius 1 is 1.20 bits per heavy atom. The number of carbonyl (C=O) groups is 1. The van der Waals surface area contributed by atoms with E-state index in [2.05, 4.69) is 5.10 Å². The first-order chi connectivity index (χ1) is 9.69. The van der Waals surface area contributed by atoms with Crippen LogP contribution in [-0.2, 0) is 7.05 Å². The number of likely N-dealkylation sites (tertiary alicyclic amines) is 1. The van der Waals surface area contributed by atoms with Gasteiger partial charge in [0.15, 0.2) is 5.69 Å². The summed E-state index contributed by atoms with van der Waals surface area (Å²) in [5, 5.41) is 5.40. The van der Waals surface area contributed by atoms with Gasteiger partial charge >= 0.3 is 0 Å². The van der Waals surface area contributed by atoms with Crippen LogP contribution >= 0.6 is 0 Å². The van der Waals surface area contributed by atoms with E-state index in [1.807, 2.05) is 36.2 Å². The van der Waals surface area contributed by atoms with Crippen LogP contribution in [0, 0.1) is 5.41 Å². The number of para-hydroxylation sites is 1. The fraction of sp³-hybridized carbons (Fsp3) is 0.500. The molecule has 0 bridgehead atoms. The third-order valence-corrected chi connectivity index (χ3v) is 4.96. The summed E-state index contributed by atoms with van der Waals surface area (Å²) in [6, 6.07) is 7.94. The zero-order valence-electron chi connectivity index (χ0n) is 11.8. The number of hydrogen-bond donors (Lipinski definition) is 0. The van der Waals surface area contributed by atoms with Crippen molar-refractivity contribution in [2.75, 3.05) is 13.1 Å². The summed E-state index contributed by atoms with van der Waals surface area (Å²) in [6.07, 6.45) is 5.24. The molecule has 0 radical (unpaired) electrons. The van der Waals surface area contributed by atoms with Crippen LogP contribution in [0.15, 0.2) is 24.3 Å². The Labute approximate surface area is 118 Å². The van der Waals surface area contributed by atoms with E-state index in [4.69, 9.17) is 0 Å². The van der Waals surface area contributed by atoms with Gasteiger partial charge in [0, 0.05) is 30.9 Å². The van der Waals surface area contributed by atoms with Crippen LogP contribution in [-0.4, -0.2) is 33.7 Å². The zero-order valence-corrected chi connectivity index (χ0v) is 11.8. The van der Waals surface area contributed by atoms with Crippen molar-refractivity contribution < 1.29 is 4.79 Å². The van der Waals surface area contributed by atoms with Gasteiger partial charge in [-0.3, -0.25) is 9.48 Å². The quantitative estimate of drug-likeness (QED) is 0.798. The van der Waals surface area contributed by atoms with Crippen molar-refractivity contribution in [1.82, 2.24) is 14.7 Å². The van der Waals surface area contributed by atoms with Gasteiger partial charge in [0.1, 0.15) is 0 Å². The number of rotatable bonds is 1. The molecule has 1 aromatic carbocycles. The summed E-state index contributed by atoms with van der Waals surface area (Å²) < 4.78 is 1.80. The van der Waals surface area contributed by atoms with E-state index in [0.717, 1.165) is 24.0 Å². The van der Waals surface area contributed by atoms with Gasteiger partial charge in [-0.15, -0.1) is 0 Å². The van der Waals surface area contributed by atoms with Gasteiger partial charge in [-0.2, -0.15) is 5.10 Å². The number of fused-ring (bicyclic) bond motifs is 1. The summed E-state index contributed by atoms with van der Waals surface area (Å²) >= 11 is 0. The van der Waals surface area contributed by atoms with Crippen LogP contribution in [0.3, 0.4) is 0 Å². The minimum absolute atomic E-state index is 0.0966. The number of carbonyl (C=O) groups excluding carboxylic acids is 1. The maximum atomic E-state index is 12.6. The SMILES string of the molecule is Cn1nc(C(=O)N2CC3(CCCC3)C2)c2ccccc21. The molecule has 4 nitrogen and oxygen atoms in total. The average Bonchev–Trinajstić information content (AvgIpc) is 3.02. The van der Waals surface area contributed by atoms with Gasteiger partial charge in [-0.1, -0.05) is 31.0 Å². The number of amides is 1. The molecule has 1 saturated carbocycles. The monoisotopic (exact) mass is 269 g/mol. The van der Waals surface area contributed by atoms with E-state index >= 15 is 0 Å². The van der Waals surface area contributed by atoms with Gasteiger partial charge in [-0.05, 0) is 18.9 Å². The highest BCUT2D eigenvalue weighted by atomic mass is 16.2. The second kappa shape index (κ2) is 4.08. The highest BCUT2D eigenvalue weighted by Crippen LogP contribution is 2.45. The van der Waals surface area contributed by atoms with E-state index in [1.165, 1.54) is 25.7 Å². The number of aryl methyl sites for hydroxylation is 1. The van der Waals surface area contributed by atoms with Crippen molar-refractivity contribution in [3.05, 3.63) is 30.0 Å². The summed E-state index contributed by atoms with van der Waals surface area (Å²) in [6.45, 7) is 1.85. The van der Waals surface area contributed by atoms with Crippen LogP contribution in [0.5, 0.6) is 0 Å². The first-order valence-electron chi connectivity index (χ1n) is 7.40. The van der Waals surface area contributed by atoms with E-state index in [1.54, 1.807) is 4.68 Å². The summed E-state index contributed by atoms with van der Waals surface area (Å²) in [7, 11) is 1.90. The Bertz CT molecular complexity index is 674. The molecule has 104 valence electrons. The zero-order chi connectivity index (χ0) is 13.7. The van der Waals surface area contributed by atoms with Crippen LogP contribution in [0.4, 0.5) is 0 Å². The molecule has 0 N–H and O–H groups in total. The number of nitrogens with zero attached hydrogens (tertiary/aromatic N) is 3. The van der Waals surface area contributed by atoms with Gasteiger partial charge in [0.25, 0.3) is 5.91 Å². The molecule has 2 fully saturated rings. The van der Waals surface area contributed by atoms with Gasteiger partial charge in [0.2, 0.25) is 0 Å². The Balaban J connectivity index is 1.62. The number of hydrogen-bond acceptors (Lipinski definition) is 2. The lowest BCUT2D eigenvalue weighted by atomic mass is 9.78. The average molecular weight is 269 g/mol. The Hall–Kier alpha value is -1.84. The molecular formula is C16H19N3O. The molecule has 4 rings (SSSR count). The van der Waals surface area contributed by atoms with Crippen molar-refractivity contribution >= 4 is 16.8 Å². The Morgan fingerprint density at radius 2 is 1.90 bits per heavy atom. The molecule has 1 spiro atoms.